The maximum absolute atomic E-state index is 11.5. The number of rotatable bonds is 8. The van der Waals surface area contributed by atoms with Crippen LogP contribution in [0.15, 0.2) is 30.3 Å². The van der Waals surface area contributed by atoms with E-state index in [0.29, 0.717) is 18.8 Å². The molecule has 0 aliphatic rings. The molecule has 1 atom stereocenters. The molecule has 4 N–H and O–H groups in total. The molecule has 1 rings (SSSR count). The highest BCUT2D eigenvalue weighted by atomic mass is 16.5. The van der Waals surface area contributed by atoms with Crippen LogP contribution in [0.4, 0.5) is 0 Å². The largest absolute Gasteiger partial charge is 0.385 e. The molecule has 1 amide bonds. The fraction of sp³-hybridized carbons (Fsp3) is 0.462. The zero-order valence-corrected chi connectivity index (χ0v) is 10.6. The van der Waals surface area contributed by atoms with Crippen molar-refractivity contribution >= 4 is 5.91 Å². The molecule has 0 fully saturated rings. The van der Waals surface area contributed by atoms with E-state index in [1.165, 1.54) is 0 Å². The maximum Gasteiger partial charge on any atom is 0.244 e. The first-order chi connectivity index (χ1) is 8.61. The summed E-state index contributed by atoms with van der Waals surface area (Å²) < 4.78 is 10.3. The second-order valence-electron chi connectivity index (χ2n) is 4.10. The maximum atomic E-state index is 11.5. The van der Waals surface area contributed by atoms with E-state index in [0.717, 1.165) is 6.42 Å². The van der Waals surface area contributed by atoms with E-state index in [1.54, 1.807) is 19.2 Å². The number of primary amides is 1. The van der Waals surface area contributed by atoms with E-state index in [1.807, 2.05) is 18.2 Å². The van der Waals surface area contributed by atoms with Gasteiger partial charge in [0.15, 0.2) is 0 Å². The van der Waals surface area contributed by atoms with Gasteiger partial charge in [0, 0.05) is 20.3 Å². The molecule has 100 valence electrons. The quantitative estimate of drug-likeness (QED) is 0.655. The van der Waals surface area contributed by atoms with Gasteiger partial charge in [-0.15, -0.1) is 0 Å². The number of benzene rings is 1. The average molecular weight is 252 g/mol. The van der Waals surface area contributed by atoms with Crippen molar-refractivity contribution in [3.63, 3.8) is 0 Å². The molecule has 18 heavy (non-hydrogen) atoms. The second-order valence-corrected chi connectivity index (χ2v) is 4.10. The topological polar surface area (TPSA) is 87.6 Å². The zero-order valence-electron chi connectivity index (χ0n) is 10.6. The van der Waals surface area contributed by atoms with Crippen molar-refractivity contribution in [2.75, 3.05) is 26.9 Å². The Morgan fingerprint density at radius 2 is 1.94 bits per heavy atom. The lowest BCUT2D eigenvalue weighted by atomic mass is 9.91. The monoisotopic (exact) mass is 252 g/mol. The first-order valence-corrected chi connectivity index (χ1v) is 5.82. The van der Waals surface area contributed by atoms with Gasteiger partial charge < -0.3 is 20.9 Å². The molecule has 0 saturated heterocycles. The van der Waals surface area contributed by atoms with Crippen LogP contribution in [-0.4, -0.2) is 32.8 Å². The van der Waals surface area contributed by atoms with Crippen LogP contribution in [0.5, 0.6) is 0 Å². The van der Waals surface area contributed by atoms with E-state index in [-0.39, 0.29) is 6.61 Å². The molecular weight excluding hydrogens is 232 g/mol. The lowest BCUT2D eigenvalue weighted by Crippen LogP contribution is -2.52. The first kappa shape index (κ1) is 14.6. The van der Waals surface area contributed by atoms with Crippen molar-refractivity contribution in [2.24, 2.45) is 11.5 Å². The van der Waals surface area contributed by atoms with E-state index in [4.69, 9.17) is 20.9 Å². The summed E-state index contributed by atoms with van der Waals surface area (Å²) in [7, 11) is 1.63. The Balaban J connectivity index is 2.62. The Morgan fingerprint density at radius 1 is 1.28 bits per heavy atom. The second kappa shape index (κ2) is 7.10. The van der Waals surface area contributed by atoms with E-state index in [2.05, 4.69) is 0 Å². The number of ether oxygens (including phenoxy) is 2. The Kier molecular flexibility index (Phi) is 5.77. The van der Waals surface area contributed by atoms with Gasteiger partial charge in [-0.25, -0.2) is 0 Å². The molecule has 0 saturated carbocycles. The fourth-order valence-electron chi connectivity index (χ4n) is 1.57. The van der Waals surface area contributed by atoms with Gasteiger partial charge in [0.1, 0.15) is 5.54 Å². The molecule has 0 aromatic heterocycles. The standard InChI is InChI=1S/C13H20N2O3/c1-17-8-5-9-18-10-13(15,12(14)16)11-6-3-2-4-7-11/h2-4,6-7H,5,8-10,15H2,1H3,(H2,14,16). The first-order valence-electron chi connectivity index (χ1n) is 5.82. The molecule has 1 unspecified atom stereocenters. The van der Waals surface area contributed by atoms with Crippen LogP contribution in [-0.2, 0) is 19.8 Å². The lowest BCUT2D eigenvalue weighted by molar-refractivity contribution is -0.125. The molecule has 5 heteroatoms. The molecule has 0 radical (unpaired) electrons. The van der Waals surface area contributed by atoms with Gasteiger partial charge in [-0.1, -0.05) is 30.3 Å². The SMILES string of the molecule is COCCCOCC(N)(C(N)=O)c1ccccc1. The van der Waals surface area contributed by atoms with Crippen LogP contribution in [0, 0.1) is 0 Å². The summed E-state index contributed by atoms with van der Waals surface area (Å²) in [5, 5.41) is 0. The van der Waals surface area contributed by atoms with Gasteiger partial charge in [-0.05, 0) is 12.0 Å². The highest BCUT2D eigenvalue weighted by molar-refractivity contribution is 5.86. The van der Waals surface area contributed by atoms with Crippen LogP contribution >= 0.6 is 0 Å². The summed E-state index contributed by atoms with van der Waals surface area (Å²) in [6.45, 7) is 1.16. The van der Waals surface area contributed by atoms with Crippen molar-refractivity contribution < 1.29 is 14.3 Å². The highest BCUT2D eigenvalue weighted by Crippen LogP contribution is 2.18. The van der Waals surface area contributed by atoms with Crippen molar-refractivity contribution in [1.29, 1.82) is 0 Å². The highest BCUT2D eigenvalue weighted by Gasteiger charge is 2.34. The summed E-state index contributed by atoms with van der Waals surface area (Å²) in [5.41, 5.74) is 10.8. The third-order valence-corrected chi connectivity index (χ3v) is 2.70. The van der Waals surface area contributed by atoms with Gasteiger partial charge in [0.25, 0.3) is 0 Å². The van der Waals surface area contributed by atoms with Gasteiger partial charge in [-0.3, -0.25) is 4.79 Å². The molecule has 0 heterocycles. The Labute approximate surface area is 107 Å². The van der Waals surface area contributed by atoms with Crippen LogP contribution < -0.4 is 11.5 Å². The minimum absolute atomic E-state index is 0.0655. The number of amides is 1. The van der Waals surface area contributed by atoms with Gasteiger partial charge in [-0.2, -0.15) is 0 Å². The summed E-state index contributed by atoms with van der Waals surface area (Å²) in [4.78, 5) is 11.5. The number of hydrogen-bond acceptors (Lipinski definition) is 4. The average Bonchev–Trinajstić information content (AvgIpc) is 2.39. The van der Waals surface area contributed by atoms with Crippen LogP contribution in [0.25, 0.3) is 0 Å². The summed E-state index contributed by atoms with van der Waals surface area (Å²) in [6, 6.07) is 9.01. The van der Waals surface area contributed by atoms with E-state index < -0.39 is 11.4 Å². The number of nitrogens with two attached hydrogens (primary N) is 2. The van der Waals surface area contributed by atoms with Gasteiger partial charge in [0.05, 0.1) is 6.61 Å². The third kappa shape index (κ3) is 3.80. The van der Waals surface area contributed by atoms with Crippen LogP contribution in [0.3, 0.4) is 0 Å². The molecule has 0 bridgehead atoms. The minimum Gasteiger partial charge on any atom is -0.385 e. The van der Waals surface area contributed by atoms with Crippen LogP contribution in [0.2, 0.25) is 0 Å². The number of hydrogen-bond donors (Lipinski definition) is 2. The van der Waals surface area contributed by atoms with Crippen LogP contribution in [0.1, 0.15) is 12.0 Å². The molecule has 5 nitrogen and oxygen atoms in total. The van der Waals surface area contributed by atoms with Gasteiger partial charge in [0.2, 0.25) is 5.91 Å². The molecule has 0 aliphatic carbocycles. The van der Waals surface area contributed by atoms with Crippen molar-refractivity contribution in [2.45, 2.75) is 12.0 Å². The van der Waals surface area contributed by atoms with E-state index >= 15 is 0 Å². The predicted octanol–water partition coefficient (Wildman–Crippen LogP) is 0.379. The molecular formula is C13H20N2O3. The van der Waals surface area contributed by atoms with Crippen molar-refractivity contribution in [1.82, 2.24) is 0 Å². The lowest BCUT2D eigenvalue weighted by Gasteiger charge is -2.26. The molecule has 0 aliphatic heterocycles. The predicted molar refractivity (Wildman–Crippen MR) is 68.8 cm³/mol. The number of carbonyl (C=O) groups is 1. The Morgan fingerprint density at radius 3 is 2.50 bits per heavy atom. The number of carbonyl (C=O) groups excluding carboxylic acids is 1. The molecule has 1 aromatic rings. The van der Waals surface area contributed by atoms with Crippen molar-refractivity contribution in [3.8, 4) is 0 Å². The Bertz CT molecular complexity index is 370. The normalized spacial score (nSPS) is 14.1. The Hall–Kier alpha value is -1.43. The van der Waals surface area contributed by atoms with Crippen molar-refractivity contribution in [3.05, 3.63) is 35.9 Å². The summed E-state index contributed by atoms with van der Waals surface area (Å²) in [6.07, 6.45) is 0.750. The molecule has 1 aromatic carbocycles. The number of methoxy groups -OCH3 is 1. The zero-order chi connectivity index (χ0) is 13.4. The summed E-state index contributed by atoms with van der Waals surface area (Å²) >= 11 is 0. The minimum atomic E-state index is -1.28. The fourth-order valence-corrected chi connectivity index (χ4v) is 1.57. The smallest absolute Gasteiger partial charge is 0.244 e. The molecule has 0 spiro atoms. The van der Waals surface area contributed by atoms with Gasteiger partial charge >= 0.3 is 0 Å². The third-order valence-electron chi connectivity index (χ3n) is 2.70. The van der Waals surface area contributed by atoms with E-state index in [9.17, 15) is 4.79 Å². The summed E-state index contributed by atoms with van der Waals surface area (Å²) in [5.74, 6) is -0.597.